The third-order valence-corrected chi connectivity index (χ3v) is 9.59. The van der Waals surface area contributed by atoms with E-state index in [-0.39, 0.29) is 17.7 Å². The number of nitrogens with one attached hydrogen (secondary N) is 2. The lowest BCUT2D eigenvalue weighted by Gasteiger charge is -2.57. The van der Waals surface area contributed by atoms with Crippen molar-refractivity contribution in [3.05, 3.63) is 53.1 Å². The number of amides is 2. The lowest BCUT2D eigenvalue weighted by molar-refractivity contribution is -0.142. The molecule has 1 spiro atoms. The highest BCUT2D eigenvalue weighted by Crippen LogP contribution is 2.38. The Labute approximate surface area is 260 Å². The Morgan fingerprint density at radius 2 is 1.84 bits per heavy atom. The van der Waals surface area contributed by atoms with E-state index in [1.54, 1.807) is 22.4 Å². The maximum Gasteiger partial charge on any atom is 0.247 e. The Morgan fingerprint density at radius 3 is 2.40 bits per heavy atom. The lowest BCUT2D eigenvalue weighted by Crippen LogP contribution is -2.71. The van der Waals surface area contributed by atoms with E-state index in [2.05, 4.69) is 32.7 Å². The van der Waals surface area contributed by atoms with Crippen LogP contribution in [0.2, 0.25) is 0 Å². The Kier molecular flexibility index (Phi) is 11.1. The van der Waals surface area contributed by atoms with Crippen molar-refractivity contribution in [2.45, 2.75) is 78.9 Å². The van der Waals surface area contributed by atoms with Gasteiger partial charge in [-0.25, -0.2) is 10.8 Å². The summed E-state index contributed by atoms with van der Waals surface area (Å²) in [7, 11) is 0. The molecule has 1 aromatic carbocycles. The van der Waals surface area contributed by atoms with Gasteiger partial charge < -0.3 is 31.2 Å². The zero-order chi connectivity index (χ0) is 31.1. The summed E-state index contributed by atoms with van der Waals surface area (Å²) < 4.78 is 0. The molecule has 2 amide bonds. The number of hydrogen-bond donors (Lipinski definition) is 4. The van der Waals surface area contributed by atoms with Gasteiger partial charge in [0.2, 0.25) is 11.8 Å². The standard InChI is InChI=1S/C28H38N8O2S.2C2H6/c1-18-25(39-17-33-18)21-6-4-19(5-7-21)11-32-26(37)22-3-2-10-35(22)27(38)24(20-8-9-20)36(30)12-23(29)34-15-28(16-34)13-31-14-28;2*1-2/h4-7,12,17,20,22,24,31H,2-3,8-11,13-16,29-30H2,1H3,(H,32,37);2*1-2H3/b23-12+;;. The molecule has 4 fully saturated rings. The Morgan fingerprint density at radius 1 is 1.16 bits per heavy atom. The number of carbonyl (C=O) groups excluding carboxylic acids is 2. The van der Waals surface area contributed by atoms with E-state index in [4.69, 9.17) is 11.6 Å². The molecular formula is C32H50N8O2S. The van der Waals surface area contributed by atoms with Crippen LogP contribution in [0.15, 0.2) is 41.8 Å². The number of aromatic nitrogens is 1. The number of thiazole rings is 1. The van der Waals surface area contributed by atoms with Gasteiger partial charge in [0.1, 0.15) is 17.9 Å². The van der Waals surface area contributed by atoms with Crippen molar-refractivity contribution < 1.29 is 9.59 Å². The largest absolute Gasteiger partial charge is 0.384 e. The smallest absolute Gasteiger partial charge is 0.247 e. The first-order chi connectivity index (χ1) is 20.8. The fourth-order valence-corrected chi connectivity index (χ4v) is 6.89. The van der Waals surface area contributed by atoms with Crippen molar-refractivity contribution in [1.29, 1.82) is 0 Å². The van der Waals surface area contributed by atoms with E-state index in [1.807, 2.05) is 52.3 Å². The average Bonchev–Trinajstić information content (AvgIpc) is 3.50. The number of rotatable bonds is 9. The summed E-state index contributed by atoms with van der Waals surface area (Å²) in [4.78, 5) is 36.3. The Hall–Kier alpha value is -3.15. The highest BCUT2D eigenvalue weighted by molar-refractivity contribution is 7.13. The molecule has 11 heteroatoms. The maximum atomic E-state index is 13.8. The summed E-state index contributed by atoms with van der Waals surface area (Å²) in [6.45, 7) is 14.9. The number of nitrogens with two attached hydrogens (primary N) is 2. The molecule has 10 nitrogen and oxygen atoms in total. The van der Waals surface area contributed by atoms with Crippen LogP contribution in [0.4, 0.5) is 0 Å². The molecule has 1 saturated carbocycles. The number of hydrogen-bond acceptors (Lipinski definition) is 9. The van der Waals surface area contributed by atoms with E-state index in [0.29, 0.717) is 30.7 Å². The highest BCUT2D eigenvalue weighted by atomic mass is 32.1. The van der Waals surface area contributed by atoms with E-state index >= 15 is 0 Å². The molecule has 4 heterocycles. The summed E-state index contributed by atoms with van der Waals surface area (Å²) >= 11 is 1.62. The quantitative estimate of drug-likeness (QED) is 0.251. The molecule has 3 aliphatic heterocycles. The van der Waals surface area contributed by atoms with E-state index in [9.17, 15) is 9.59 Å². The minimum absolute atomic E-state index is 0.0748. The molecule has 6 rings (SSSR count). The third-order valence-electron chi connectivity index (χ3n) is 8.61. The van der Waals surface area contributed by atoms with Crippen molar-refractivity contribution in [3.8, 4) is 10.4 Å². The summed E-state index contributed by atoms with van der Waals surface area (Å²) in [6.07, 6.45) is 5.08. The fraction of sp³-hybridized carbons (Fsp3) is 0.594. The van der Waals surface area contributed by atoms with Crippen molar-refractivity contribution in [1.82, 2.24) is 30.4 Å². The number of benzene rings is 1. The van der Waals surface area contributed by atoms with Crippen molar-refractivity contribution in [2.75, 3.05) is 32.7 Å². The van der Waals surface area contributed by atoms with Crippen LogP contribution in [0.25, 0.3) is 10.4 Å². The molecule has 4 aliphatic rings. The Balaban J connectivity index is 0.00000102. The molecule has 6 N–H and O–H groups in total. The minimum atomic E-state index is -0.500. The van der Waals surface area contributed by atoms with E-state index in [1.165, 1.54) is 5.01 Å². The molecule has 0 bridgehead atoms. The van der Waals surface area contributed by atoms with Crippen molar-refractivity contribution >= 4 is 23.2 Å². The SMILES string of the molecule is CC.CC.Cc1ncsc1-c1ccc(CNC(=O)C2CCCN2C(=O)C(C2CC2)N(N)/C=C(\N)N2CC3(CNC3)C2)cc1. The molecule has 3 saturated heterocycles. The van der Waals surface area contributed by atoms with E-state index < -0.39 is 12.1 Å². The van der Waals surface area contributed by atoms with Gasteiger partial charge in [0.05, 0.1) is 22.3 Å². The van der Waals surface area contributed by atoms with Crippen LogP contribution >= 0.6 is 11.3 Å². The van der Waals surface area contributed by atoms with Gasteiger partial charge in [0.25, 0.3) is 0 Å². The zero-order valence-corrected chi connectivity index (χ0v) is 27.3. The van der Waals surface area contributed by atoms with Crippen LogP contribution in [0.5, 0.6) is 0 Å². The van der Waals surface area contributed by atoms with Crippen molar-refractivity contribution in [2.24, 2.45) is 22.9 Å². The van der Waals surface area contributed by atoms with Gasteiger partial charge in [-0.15, -0.1) is 11.3 Å². The van der Waals surface area contributed by atoms with Gasteiger partial charge in [0, 0.05) is 44.7 Å². The van der Waals surface area contributed by atoms with Crippen LogP contribution in [-0.2, 0) is 16.1 Å². The number of aryl methyl sites for hydroxylation is 1. The summed E-state index contributed by atoms with van der Waals surface area (Å²) in [5.41, 5.74) is 11.7. The van der Waals surface area contributed by atoms with Gasteiger partial charge >= 0.3 is 0 Å². The number of carbonyl (C=O) groups is 2. The Bertz CT molecular complexity index is 1250. The molecular weight excluding hydrogens is 560 g/mol. The van der Waals surface area contributed by atoms with Gasteiger partial charge in [-0.1, -0.05) is 52.0 Å². The predicted octanol–water partition coefficient (Wildman–Crippen LogP) is 3.40. The van der Waals surface area contributed by atoms with Crippen molar-refractivity contribution in [3.63, 3.8) is 0 Å². The van der Waals surface area contributed by atoms with Gasteiger partial charge in [-0.2, -0.15) is 0 Å². The second-order valence-corrected chi connectivity index (χ2v) is 12.5. The highest BCUT2D eigenvalue weighted by Gasteiger charge is 2.48. The van der Waals surface area contributed by atoms with Crippen LogP contribution in [-0.4, -0.2) is 76.4 Å². The van der Waals surface area contributed by atoms with Crippen LogP contribution in [0, 0.1) is 18.3 Å². The molecule has 2 atom stereocenters. The molecule has 1 aliphatic carbocycles. The third kappa shape index (κ3) is 7.33. The summed E-state index contributed by atoms with van der Waals surface area (Å²) in [6, 6.07) is 7.20. The first kappa shape index (κ1) is 32.8. The monoisotopic (exact) mass is 610 g/mol. The minimum Gasteiger partial charge on any atom is -0.384 e. The van der Waals surface area contributed by atoms with Crippen LogP contribution < -0.4 is 22.2 Å². The lowest BCUT2D eigenvalue weighted by atomic mass is 9.74. The first-order valence-electron chi connectivity index (χ1n) is 15.9. The van der Waals surface area contributed by atoms with E-state index in [0.717, 1.165) is 67.1 Å². The van der Waals surface area contributed by atoms with Gasteiger partial charge in [-0.05, 0) is 49.7 Å². The normalized spacial score (nSPS) is 21.0. The molecule has 236 valence electrons. The molecule has 2 unspecified atom stereocenters. The van der Waals surface area contributed by atoms with Gasteiger partial charge in [-0.3, -0.25) is 9.59 Å². The second-order valence-electron chi connectivity index (χ2n) is 11.6. The number of hydrazine groups is 1. The van der Waals surface area contributed by atoms with Crippen LogP contribution in [0.1, 0.15) is 64.6 Å². The van der Waals surface area contributed by atoms with Gasteiger partial charge in [0.15, 0.2) is 0 Å². The fourth-order valence-electron chi connectivity index (χ4n) is 6.08. The molecule has 0 radical (unpaired) electrons. The second kappa shape index (κ2) is 14.5. The first-order valence-corrected chi connectivity index (χ1v) is 16.8. The zero-order valence-electron chi connectivity index (χ0n) is 26.4. The molecule has 2 aromatic rings. The number of nitrogens with zero attached hydrogens (tertiary/aromatic N) is 4. The summed E-state index contributed by atoms with van der Waals surface area (Å²) in [5, 5.41) is 7.88. The topological polar surface area (TPSA) is 133 Å². The molecule has 1 aromatic heterocycles. The van der Waals surface area contributed by atoms with Crippen LogP contribution in [0.3, 0.4) is 0 Å². The average molecular weight is 611 g/mol. The summed E-state index contributed by atoms with van der Waals surface area (Å²) in [5.74, 6) is 7.06. The predicted molar refractivity (Wildman–Crippen MR) is 173 cm³/mol. The maximum absolute atomic E-state index is 13.8. The molecule has 43 heavy (non-hydrogen) atoms. The number of likely N-dealkylation sites (tertiary alicyclic amines) is 2.